The Bertz CT molecular complexity index is 1700. The number of nitrogens with one attached hydrogen (secondary N) is 1. The fraction of sp³-hybridized carbons (Fsp3) is 0.257. The number of carbonyl (C=O) groups excluding carboxylic acids is 2. The van der Waals surface area contributed by atoms with E-state index in [-0.39, 0.29) is 29.8 Å². The summed E-state index contributed by atoms with van der Waals surface area (Å²) in [6.07, 6.45) is 2.14. The summed E-state index contributed by atoms with van der Waals surface area (Å²) >= 11 is 8.05. The van der Waals surface area contributed by atoms with E-state index in [0.717, 1.165) is 20.3 Å². The summed E-state index contributed by atoms with van der Waals surface area (Å²) in [5.74, 6) is -0.883. The second-order valence-corrected chi connectivity index (χ2v) is 14.2. The number of hydrogen-bond donors (Lipinski definition) is 1. The lowest BCUT2D eigenvalue weighted by atomic mass is 10.0. The van der Waals surface area contributed by atoms with Crippen LogP contribution in [0, 0.1) is 6.92 Å². The number of hydrogen-bond acceptors (Lipinski definition) is 5. The van der Waals surface area contributed by atoms with Crippen molar-refractivity contribution in [2.45, 2.75) is 55.6 Å². The molecule has 0 spiro atoms. The van der Waals surface area contributed by atoms with Gasteiger partial charge in [0, 0.05) is 28.9 Å². The van der Waals surface area contributed by atoms with Crippen LogP contribution in [-0.2, 0) is 32.6 Å². The average molecular weight is 664 g/mol. The predicted octanol–water partition coefficient (Wildman–Crippen LogP) is 6.73. The molecule has 0 aliphatic rings. The first-order valence-electron chi connectivity index (χ1n) is 14.6. The average Bonchev–Trinajstić information content (AvgIpc) is 3.03. The zero-order valence-corrected chi connectivity index (χ0v) is 28.2. The Labute approximate surface area is 275 Å². The van der Waals surface area contributed by atoms with Crippen LogP contribution >= 0.6 is 23.4 Å². The minimum atomic E-state index is -4.18. The molecule has 2 amide bonds. The molecule has 0 fully saturated rings. The largest absolute Gasteiger partial charge is 0.352 e. The maximum atomic E-state index is 14.5. The molecule has 45 heavy (non-hydrogen) atoms. The van der Waals surface area contributed by atoms with Gasteiger partial charge in [-0.2, -0.15) is 0 Å². The first kappa shape index (κ1) is 34.1. The zero-order valence-electron chi connectivity index (χ0n) is 25.8. The van der Waals surface area contributed by atoms with Gasteiger partial charge in [0.2, 0.25) is 11.8 Å². The van der Waals surface area contributed by atoms with E-state index in [1.54, 1.807) is 66.7 Å². The van der Waals surface area contributed by atoms with Crippen LogP contribution in [0.1, 0.15) is 30.5 Å². The van der Waals surface area contributed by atoms with E-state index in [1.165, 1.54) is 16.7 Å². The number of nitrogens with zero attached hydrogens (tertiary/aromatic N) is 2. The van der Waals surface area contributed by atoms with Gasteiger partial charge in [-0.15, -0.1) is 11.8 Å². The number of carbonyl (C=O) groups is 2. The lowest BCUT2D eigenvalue weighted by Gasteiger charge is -2.34. The fourth-order valence-corrected chi connectivity index (χ4v) is 6.88. The van der Waals surface area contributed by atoms with Crippen molar-refractivity contribution in [1.29, 1.82) is 0 Å². The van der Waals surface area contributed by atoms with Gasteiger partial charge in [0.1, 0.15) is 12.6 Å². The molecule has 1 N–H and O–H groups in total. The number of aryl methyl sites for hydroxylation is 1. The van der Waals surface area contributed by atoms with E-state index in [4.69, 9.17) is 11.6 Å². The maximum Gasteiger partial charge on any atom is 0.264 e. The van der Waals surface area contributed by atoms with Crippen LogP contribution in [-0.4, -0.2) is 50.0 Å². The van der Waals surface area contributed by atoms with E-state index >= 15 is 0 Å². The van der Waals surface area contributed by atoms with Gasteiger partial charge in [-0.25, -0.2) is 8.42 Å². The number of rotatable bonds is 13. The predicted molar refractivity (Wildman–Crippen MR) is 183 cm³/mol. The Morgan fingerprint density at radius 1 is 0.867 bits per heavy atom. The monoisotopic (exact) mass is 663 g/mol. The third-order valence-corrected chi connectivity index (χ3v) is 10.1. The summed E-state index contributed by atoms with van der Waals surface area (Å²) < 4.78 is 29.5. The highest BCUT2D eigenvalue weighted by molar-refractivity contribution is 7.98. The Morgan fingerprint density at radius 2 is 1.49 bits per heavy atom. The number of amides is 2. The summed E-state index contributed by atoms with van der Waals surface area (Å²) in [5, 5.41) is 3.40. The lowest BCUT2D eigenvalue weighted by molar-refractivity contribution is -0.140. The van der Waals surface area contributed by atoms with Crippen LogP contribution in [0.5, 0.6) is 0 Å². The fourth-order valence-electron chi connectivity index (χ4n) is 4.86. The van der Waals surface area contributed by atoms with Gasteiger partial charge in [0.05, 0.1) is 10.6 Å². The SMILES string of the molecule is CSc1ccc(S(=O)(=O)N(CC(=O)N(Cc2ccccc2Cl)[C@H](Cc2ccccc2)C(=O)NC(C)C)c2ccc(C)cc2)cc1. The Balaban J connectivity index is 1.81. The van der Waals surface area contributed by atoms with Gasteiger partial charge in [-0.1, -0.05) is 77.8 Å². The molecule has 4 rings (SSSR count). The van der Waals surface area contributed by atoms with Crippen molar-refractivity contribution in [3.63, 3.8) is 0 Å². The summed E-state index contributed by atoms with van der Waals surface area (Å²) in [4.78, 5) is 30.7. The molecule has 0 saturated carbocycles. The molecule has 0 heterocycles. The Kier molecular flexibility index (Phi) is 11.7. The molecule has 0 aromatic heterocycles. The van der Waals surface area contributed by atoms with E-state index in [9.17, 15) is 18.0 Å². The lowest BCUT2D eigenvalue weighted by Crippen LogP contribution is -2.54. The van der Waals surface area contributed by atoms with Gasteiger partial charge in [0.15, 0.2) is 0 Å². The Morgan fingerprint density at radius 3 is 2.09 bits per heavy atom. The van der Waals surface area contributed by atoms with Crippen LogP contribution in [0.25, 0.3) is 0 Å². The van der Waals surface area contributed by atoms with Crippen molar-refractivity contribution >= 4 is 50.9 Å². The standard InChI is InChI=1S/C35H38ClN3O4S2/c1-25(2)37-35(41)33(22-27-10-6-5-7-11-27)38(23-28-12-8-9-13-32(28)36)34(40)24-39(29-16-14-26(3)15-17-29)45(42,43)31-20-18-30(44-4)19-21-31/h5-21,25,33H,22-24H2,1-4H3,(H,37,41)/t33-/m1/s1. The quantitative estimate of drug-likeness (QED) is 0.160. The summed E-state index contributed by atoms with van der Waals surface area (Å²) in [6, 6.07) is 29.0. The summed E-state index contributed by atoms with van der Waals surface area (Å²) in [6.45, 7) is 5.09. The number of benzene rings is 4. The van der Waals surface area contributed by atoms with E-state index in [1.807, 2.05) is 63.4 Å². The first-order valence-corrected chi connectivity index (χ1v) is 17.6. The molecule has 7 nitrogen and oxygen atoms in total. The molecular weight excluding hydrogens is 626 g/mol. The summed E-state index contributed by atoms with van der Waals surface area (Å²) in [5.41, 5.74) is 2.78. The molecule has 10 heteroatoms. The van der Waals surface area contributed by atoms with E-state index in [0.29, 0.717) is 16.3 Å². The number of halogens is 1. The van der Waals surface area contributed by atoms with Crippen LogP contribution in [0.3, 0.4) is 0 Å². The highest BCUT2D eigenvalue weighted by atomic mass is 35.5. The summed E-state index contributed by atoms with van der Waals surface area (Å²) in [7, 11) is -4.18. The molecule has 4 aromatic rings. The van der Waals surface area contributed by atoms with Gasteiger partial charge in [-0.3, -0.25) is 13.9 Å². The number of anilines is 1. The second kappa shape index (κ2) is 15.5. The molecule has 0 unspecified atom stereocenters. The zero-order chi connectivity index (χ0) is 32.6. The smallest absolute Gasteiger partial charge is 0.264 e. The van der Waals surface area contributed by atoms with Gasteiger partial charge in [0.25, 0.3) is 10.0 Å². The number of sulfonamides is 1. The highest BCUT2D eigenvalue weighted by Crippen LogP contribution is 2.27. The molecule has 0 saturated heterocycles. The first-order chi connectivity index (χ1) is 21.5. The molecule has 0 bridgehead atoms. The van der Waals surface area contributed by atoms with Crippen molar-refractivity contribution in [1.82, 2.24) is 10.2 Å². The van der Waals surface area contributed by atoms with E-state index in [2.05, 4.69) is 5.32 Å². The molecule has 0 aliphatic heterocycles. The molecule has 4 aromatic carbocycles. The Hall–Kier alpha value is -3.79. The molecular formula is C35H38ClN3O4S2. The second-order valence-electron chi connectivity index (χ2n) is 11.0. The van der Waals surface area contributed by atoms with Crippen molar-refractivity contribution in [2.75, 3.05) is 17.1 Å². The van der Waals surface area contributed by atoms with Crippen molar-refractivity contribution in [3.8, 4) is 0 Å². The van der Waals surface area contributed by atoms with Gasteiger partial charge in [-0.05, 0) is 80.6 Å². The normalized spacial score (nSPS) is 12.0. The third kappa shape index (κ3) is 8.90. The van der Waals surface area contributed by atoms with Crippen LogP contribution in [0.4, 0.5) is 5.69 Å². The van der Waals surface area contributed by atoms with Crippen LogP contribution in [0.2, 0.25) is 5.02 Å². The molecule has 1 atom stereocenters. The van der Waals surface area contributed by atoms with Crippen molar-refractivity contribution < 1.29 is 18.0 Å². The van der Waals surface area contributed by atoms with Gasteiger partial charge < -0.3 is 10.2 Å². The minimum absolute atomic E-state index is 0.00568. The topological polar surface area (TPSA) is 86.8 Å². The third-order valence-electron chi connectivity index (χ3n) is 7.25. The maximum absolute atomic E-state index is 14.5. The molecule has 236 valence electrons. The highest BCUT2D eigenvalue weighted by Gasteiger charge is 2.35. The van der Waals surface area contributed by atoms with Crippen molar-refractivity contribution in [3.05, 3.63) is 125 Å². The molecule has 0 aliphatic carbocycles. The van der Waals surface area contributed by atoms with Crippen LogP contribution in [0.15, 0.2) is 113 Å². The minimum Gasteiger partial charge on any atom is -0.352 e. The van der Waals surface area contributed by atoms with Gasteiger partial charge >= 0.3 is 0 Å². The molecule has 0 radical (unpaired) electrons. The van der Waals surface area contributed by atoms with Crippen molar-refractivity contribution in [2.24, 2.45) is 0 Å². The van der Waals surface area contributed by atoms with Crippen LogP contribution < -0.4 is 9.62 Å². The van der Waals surface area contributed by atoms with E-state index < -0.39 is 28.5 Å². The number of thioether (sulfide) groups is 1.